The number of carbonyl (C=O) groups is 2. The van der Waals surface area contributed by atoms with Gasteiger partial charge in [0.15, 0.2) is 0 Å². The number of hydrogen-bond donors (Lipinski definition) is 2. The number of hydrogen-bond acceptors (Lipinski definition) is 4. The first-order chi connectivity index (χ1) is 15.1. The summed E-state index contributed by atoms with van der Waals surface area (Å²) in [5.74, 6) is -0.938. The highest BCUT2D eigenvalue weighted by Crippen LogP contribution is 2.17. The maximum absolute atomic E-state index is 12.9. The van der Waals surface area contributed by atoms with Crippen molar-refractivity contribution in [3.05, 3.63) is 65.2 Å². The van der Waals surface area contributed by atoms with Crippen LogP contribution in [0.3, 0.4) is 0 Å². The lowest BCUT2D eigenvalue weighted by molar-refractivity contribution is -0.124. The molecule has 8 heteroatoms. The van der Waals surface area contributed by atoms with Gasteiger partial charge in [-0.15, -0.1) is 0 Å². The molecule has 0 bridgehead atoms. The quantitative estimate of drug-likeness (QED) is 0.571. The van der Waals surface area contributed by atoms with Gasteiger partial charge in [0, 0.05) is 25.2 Å². The van der Waals surface area contributed by atoms with Crippen LogP contribution in [0.4, 0.5) is 0 Å². The first-order valence-electron chi connectivity index (χ1n) is 10.8. The van der Waals surface area contributed by atoms with Crippen LogP contribution in [0.25, 0.3) is 0 Å². The third-order valence-corrected chi connectivity index (χ3v) is 7.27. The van der Waals surface area contributed by atoms with E-state index in [0.29, 0.717) is 19.6 Å². The number of nitrogens with zero attached hydrogens (tertiary/aromatic N) is 1. The highest BCUT2D eigenvalue weighted by atomic mass is 32.2. The molecule has 2 rings (SSSR count). The second-order valence-electron chi connectivity index (χ2n) is 8.02. The molecule has 2 amide bonds. The van der Waals surface area contributed by atoms with Crippen LogP contribution >= 0.6 is 0 Å². The number of carbonyl (C=O) groups excluding carboxylic acids is 2. The summed E-state index contributed by atoms with van der Waals surface area (Å²) in [5.41, 5.74) is 2.27. The largest absolute Gasteiger partial charge is 0.350 e. The molecule has 2 aromatic carbocycles. The van der Waals surface area contributed by atoms with Crippen LogP contribution in [0.1, 0.15) is 49.2 Å². The molecule has 0 saturated heterocycles. The Labute approximate surface area is 191 Å². The monoisotopic (exact) mass is 459 g/mol. The summed E-state index contributed by atoms with van der Waals surface area (Å²) in [4.78, 5) is 25.7. The van der Waals surface area contributed by atoms with Crippen LogP contribution in [0.2, 0.25) is 0 Å². The fraction of sp³-hybridized carbons (Fsp3) is 0.417. The Kier molecular flexibility index (Phi) is 8.98. The molecule has 2 aromatic rings. The Balaban J connectivity index is 2.15. The molecular weight excluding hydrogens is 426 g/mol. The zero-order valence-electron chi connectivity index (χ0n) is 19.4. The molecule has 2 N–H and O–H groups in total. The Morgan fingerprint density at radius 1 is 1.00 bits per heavy atom. The van der Waals surface area contributed by atoms with E-state index >= 15 is 0 Å². The number of benzene rings is 2. The van der Waals surface area contributed by atoms with Crippen molar-refractivity contribution in [1.82, 2.24) is 14.9 Å². The second-order valence-corrected chi connectivity index (χ2v) is 9.96. The van der Waals surface area contributed by atoms with Crippen LogP contribution in [0.15, 0.2) is 53.4 Å². The number of amides is 2. The smallest absolute Gasteiger partial charge is 0.251 e. The van der Waals surface area contributed by atoms with Crippen molar-refractivity contribution in [3.8, 4) is 0 Å². The zero-order valence-corrected chi connectivity index (χ0v) is 20.2. The molecule has 1 atom stereocenters. The van der Waals surface area contributed by atoms with Crippen molar-refractivity contribution < 1.29 is 18.0 Å². The standard InChI is InChI=1S/C24H33N3O4S/c1-6-27(7-2)32(30,31)21-13-9-12-20(15-21)23(28)26-22(17(3)4)24(29)25-16-19-11-8-10-18(5)14-19/h8-15,17,22H,6-7,16H2,1-5H3,(H,25,29)(H,26,28). The molecule has 7 nitrogen and oxygen atoms in total. The first-order valence-corrected chi connectivity index (χ1v) is 12.3. The van der Waals surface area contributed by atoms with Gasteiger partial charge < -0.3 is 10.6 Å². The topological polar surface area (TPSA) is 95.6 Å². The van der Waals surface area contributed by atoms with Gasteiger partial charge in [-0.1, -0.05) is 63.6 Å². The molecule has 0 fully saturated rings. The van der Waals surface area contributed by atoms with E-state index in [4.69, 9.17) is 0 Å². The highest BCUT2D eigenvalue weighted by molar-refractivity contribution is 7.89. The molecule has 32 heavy (non-hydrogen) atoms. The fourth-order valence-corrected chi connectivity index (χ4v) is 4.90. The van der Waals surface area contributed by atoms with Crippen molar-refractivity contribution in [2.45, 2.75) is 52.1 Å². The lowest BCUT2D eigenvalue weighted by Gasteiger charge is -2.22. The summed E-state index contributed by atoms with van der Waals surface area (Å²) >= 11 is 0. The lowest BCUT2D eigenvalue weighted by Crippen LogP contribution is -2.49. The molecule has 0 radical (unpaired) electrons. The molecule has 1 unspecified atom stereocenters. The minimum absolute atomic E-state index is 0.0545. The number of nitrogens with one attached hydrogen (secondary N) is 2. The molecule has 0 spiro atoms. The average Bonchev–Trinajstić information content (AvgIpc) is 2.76. The molecule has 0 aromatic heterocycles. The predicted molar refractivity (Wildman–Crippen MR) is 126 cm³/mol. The van der Waals surface area contributed by atoms with E-state index in [9.17, 15) is 18.0 Å². The molecule has 174 valence electrons. The van der Waals surface area contributed by atoms with Crippen LogP contribution in [-0.2, 0) is 21.4 Å². The first kappa shape index (κ1) is 25.5. The van der Waals surface area contributed by atoms with Crippen molar-refractivity contribution in [1.29, 1.82) is 0 Å². The van der Waals surface area contributed by atoms with Gasteiger partial charge in [-0.2, -0.15) is 4.31 Å². The third-order valence-electron chi connectivity index (χ3n) is 5.22. The minimum atomic E-state index is -3.69. The predicted octanol–water partition coefficient (Wildman–Crippen LogP) is 3.10. The maximum atomic E-state index is 12.9. The van der Waals surface area contributed by atoms with Gasteiger partial charge in [0.25, 0.3) is 5.91 Å². The molecule has 0 aliphatic rings. The lowest BCUT2D eigenvalue weighted by atomic mass is 10.0. The summed E-state index contributed by atoms with van der Waals surface area (Å²) in [6, 6.07) is 13.0. The maximum Gasteiger partial charge on any atom is 0.251 e. The van der Waals surface area contributed by atoms with Gasteiger partial charge in [-0.05, 0) is 36.6 Å². The Hall–Kier alpha value is -2.71. The van der Waals surface area contributed by atoms with E-state index in [0.717, 1.165) is 11.1 Å². The molecular formula is C24H33N3O4S. The summed E-state index contributed by atoms with van der Waals surface area (Å²) in [5, 5.41) is 5.63. The van der Waals surface area contributed by atoms with E-state index < -0.39 is 22.0 Å². The SMILES string of the molecule is CCN(CC)S(=O)(=O)c1cccc(C(=O)NC(C(=O)NCc2cccc(C)c2)C(C)C)c1. The Bertz CT molecular complexity index is 1050. The van der Waals surface area contributed by atoms with Gasteiger partial charge in [0.2, 0.25) is 15.9 Å². The summed E-state index contributed by atoms with van der Waals surface area (Å²) in [7, 11) is -3.69. The van der Waals surface area contributed by atoms with Gasteiger partial charge in [-0.25, -0.2) is 8.42 Å². The van der Waals surface area contributed by atoms with Gasteiger partial charge in [-0.3, -0.25) is 9.59 Å². The second kappa shape index (κ2) is 11.2. The Morgan fingerprint density at radius 2 is 1.66 bits per heavy atom. The molecule has 0 saturated carbocycles. The van der Waals surface area contributed by atoms with Crippen molar-refractivity contribution in [2.75, 3.05) is 13.1 Å². The molecule has 0 heterocycles. The average molecular weight is 460 g/mol. The zero-order chi connectivity index (χ0) is 23.9. The van der Waals surface area contributed by atoms with Crippen LogP contribution in [0, 0.1) is 12.8 Å². The summed E-state index contributed by atoms with van der Waals surface area (Å²) in [6.45, 7) is 10.2. The van der Waals surface area contributed by atoms with Crippen molar-refractivity contribution in [3.63, 3.8) is 0 Å². The highest BCUT2D eigenvalue weighted by Gasteiger charge is 2.26. The third kappa shape index (κ3) is 6.40. The normalized spacial score (nSPS) is 12.6. The van der Waals surface area contributed by atoms with Gasteiger partial charge in [0.05, 0.1) is 4.90 Å². The van der Waals surface area contributed by atoms with Gasteiger partial charge in [0.1, 0.15) is 6.04 Å². The minimum Gasteiger partial charge on any atom is -0.350 e. The van der Waals surface area contributed by atoms with Gasteiger partial charge >= 0.3 is 0 Å². The van der Waals surface area contributed by atoms with E-state index in [2.05, 4.69) is 10.6 Å². The van der Waals surface area contributed by atoms with Crippen molar-refractivity contribution >= 4 is 21.8 Å². The molecule has 0 aliphatic carbocycles. The Morgan fingerprint density at radius 3 is 2.25 bits per heavy atom. The van der Waals surface area contributed by atoms with E-state index in [1.54, 1.807) is 19.9 Å². The van der Waals surface area contributed by atoms with Crippen LogP contribution in [-0.4, -0.2) is 43.7 Å². The van der Waals surface area contributed by atoms with E-state index in [1.165, 1.54) is 22.5 Å². The van der Waals surface area contributed by atoms with E-state index in [-0.39, 0.29) is 22.3 Å². The number of rotatable bonds is 10. The summed E-state index contributed by atoms with van der Waals surface area (Å²) in [6.07, 6.45) is 0. The van der Waals surface area contributed by atoms with Crippen molar-refractivity contribution in [2.24, 2.45) is 5.92 Å². The van der Waals surface area contributed by atoms with E-state index in [1.807, 2.05) is 45.0 Å². The summed E-state index contributed by atoms with van der Waals surface area (Å²) < 4.78 is 26.9. The number of aryl methyl sites for hydroxylation is 1. The van der Waals surface area contributed by atoms with Crippen LogP contribution in [0.5, 0.6) is 0 Å². The molecule has 0 aliphatic heterocycles. The van der Waals surface area contributed by atoms with Crippen LogP contribution < -0.4 is 10.6 Å². The number of sulfonamides is 1. The fourth-order valence-electron chi connectivity index (χ4n) is 3.39.